The second-order valence-corrected chi connectivity index (χ2v) is 5.58. The molecule has 1 atom stereocenters. The van der Waals surface area contributed by atoms with E-state index in [-0.39, 0.29) is 17.5 Å². The lowest BCUT2D eigenvalue weighted by Crippen LogP contribution is -2.43. The fraction of sp³-hybridized carbons (Fsp3) is 0.588. The third-order valence-electron chi connectivity index (χ3n) is 3.18. The molecule has 9 heteroatoms. The summed E-state index contributed by atoms with van der Waals surface area (Å²) in [5, 5.41) is 6.32. The maximum atomic E-state index is 12.3. The molecule has 0 amide bonds. The van der Waals surface area contributed by atoms with Gasteiger partial charge in [0.2, 0.25) is 0 Å². The summed E-state index contributed by atoms with van der Waals surface area (Å²) in [7, 11) is 3.00. The van der Waals surface area contributed by atoms with Crippen LogP contribution in [0.4, 0.5) is 13.2 Å². The normalized spacial score (nSPS) is 13.3. The van der Waals surface area contributed by atoms with Crippen LogP contribution in [0.15, 0.2) is 23.2 Å². The Morgan fingerprint density at radius 2 is 1.96 bits per heavy atom. The average Bonchev–Trinajstić information content (AvgIpc) is 2.57. The van der Waals surface area contributed by atoms with E-state index in [0.717, 1.165) is 5.56 Å². The van der Waals surface area contributed by atoms with Gasteiger partial charge in [-0.05, 0) is 31.5 Å². The van der Waals surface area contributed by atoms with E-state index in [2.05, 4.69) is 15.6 Å². The first-order valence-corrected chi connectivity index (χ1v) is 8.19. The number of benzene rings is 1. The molecule has 26 heavy (non-hydrogen) atoms. The van der Waals surface area contributed by atoms with Crippen LogP contribution in [0.2, 0.25) is 0 Å². The molecule has 0 aliphatic carbocycles. The second kappa shape index (κ2) is 10.7. The largest absolute Gasteiger partial charge is 0.493 e. The van der Waals surface area contributed by atoms with E-state index in [0.29, 0.717) is 25.7 Å². The molecular weight excluding hydrogens is 351 g/mol. The van der Waals surface area contributed by atoms with Gasteiger partial charge in [-0.2, -0.15) is 13.2 Å². The highest BCUT2D eigenvalue weighted by Crippen LogP contribution is 2.30. The highest BCUT2D eigenvalue weighted by atomic mass is 19.4. The minimum Gasteiger partial charge on any atom is -0.493 e. The molecule has 0 saturated carbocycles. The van der Waals surface area contributed by atoms with Crippen LogP contribution >= 0.6 is 0 Å². The monoisotopic (exact) mass is 377 g/mol. The summed E-state index contributed by atoms with van der Waals surface area (Å²) < 4.78 is 51.8. The third kappa shape index (κ3) is 8.28. The Labute approximate surface area is 151 Å². The third-order valence-corrected chi connectivity index (χ3v) is 3.18. The van der Waals surface area contributed by atoms with Crippen LogP contribution in [0.1, 0.15) is 19.4 Å². The van der Waals surface area contributed by atoms with E-state index in [1.165, 1.54) is 13.2 Å². The molecule has 1 rings (SSSR count). The van der Waals surface area contributed by atoms with Gasteiger partial charge in [-0.25, -0.2) is 4.99 Å². The maximum absolute atomic E-state index is 12.3. The average molecular weight is 377 g/mol. The lowest BCUT2D eigenvalue weighted by Gasteiger charge is -2.17. The molecule has 6 nitrogen and oxygen atoms in total. The molecule has 1 aromatic carbocycles. The number of halogens is 3. The summed E-state index contributed by atoms with van der Waals surface area (Å²) in [6.07, 6.45) is -4.40. The number of hydrogen-bond acceptors (Lipinski definition) is 4. The highest BCUT2D eigenvalue weighted by Gasteiger charge is 2.29. The van der Waals surface area contributed by atoms with Crippen molar-refractivity contribution in [2.75, 3.05) is 34.0 Å². The van der Waals surface area contributed by atoms with E-state index in [4.69, 9.17) is 14.2 Å². The van der Waals surface area contributed by atoms with Crippen molar-refractivity contribution in [2.45, 2.75) is 32.6 Å². The van der Waals surface area contributed by atoms with Crippen LogP contribution in [0, 0.1) is 0 Å². The van der Waals surface area contributed by atoms with Crippen molar-refractivity contribution in [1.82, 2.24) is 10.6 Å². The quantitative estimate of drug-likeness (QED) is 0.512. The minimum absolute atomic E-state index is 0.0382. The molecule has 2 N–H and O–H groups in total. The van der Waals surface area contributed by atoms with E-state index in [9.17, 15) is 13.2 Å². The Kier molecular flexibility index (Phi) is 9.04. The first kappa shape index (κ1) is 21.9. The van der Waals surface area contributed by atoms with Crippen molar-refractivity contribution in [3.63, 3.8) is 0 Å². The van der Waals surface area contributed by atoms with Gasteiger partial charge >= 0.3 is 6.18 Å². The van der Waals surface area contributed by atoms with Crippen molar-refractivity contribution in [1.29, 1.82) is 0 Å². The zero-order chi connectivity index (χ0) is 19.6. The Hall–Kier alpha value is -2.16. The van der Waals surface area contributed by atoms with E-state index < -0.39 is 12.8 Å². The number of alkyl halides is 3. The lowest BCUT2D eigenvalue weighted by molar-refractivity contribution is -0.153. The molecule has 0 heterocycles. The Bertz CT molecular complexity index is 580. The fourth-order valence-corrected chi connectivity index (χ4v) is 2.10. The fourth-order valence-electron chi connectivity index (χ4n) is 2.10. The van der Waals surface area contributed by atoms with Crippen molar-refractivity contribution < 1.29 is 27.4 Å². The number of ether oxygens (including phenoxy) is 3. The zero-order valence-electron chi connectivity index (χ0n) is 15.4. The van der Waals surface area contributed by atoms with Gasteiger partial charge in [0.15, 0.2) is 24.1 Å². The first-order valence-electron chi connectivity index (χ1n) is 8.19. The number of nitrogens with one attached hydrogen (secondary N) is 2. The molecule has 0 radical (unpaired) electrons. The Morgan fingerprint density at radius 3 is 2.54 bits per heavy atom. The smallest absolute Gasteiger partial charge is 0.422 e. The van der Waals surface area contributed by atoms with Crippen LogP contribution < -0.4 is 20.1 Å². The number of nitrogens with zero attached hydrogens (tertiary/aromatic N) is 1. The topological polar surface area (TPSA) is 64.1 Å². The molecule has 148 valence electrons. The minimum atomic E-state index is -4.40. The summed E-state index contributed by atoms with van der Waals surface area (Å²) in [6.45, 7) is 4.10. The van der Waals surface area contributed by atoms with Gasteiger partial charge in [0.1, 0.15) is 0 Å². The van der Waals surface area contributed by atoms with Gasteiger partial charge in [-0.15, -0.1) is 0 Å². The lowest BCUT2D eigenvalue weighted by atomic mass is 10.2. The number of hydrogen-bond donors (Lipinski definition) is 2. The molecule has 0 aromatic heterocycles. The van der Waals surface area contributed by atoms with Crippen LogP contribution in [-0.4, -0.2) is 52.2 Å². The van der Waals surface area contributed by atoms with Crippen molar-refractivity contribution in [3.8, 4) is 11.5 Å². The van der Waals surface area contributed by atoms with Gasteiger partial charge in [0.25, 0.3) is 0 Å². The predicted octanol–water partition coefficient (Wildman–Crippen LogP) is 2.73. The zero-order valence-corrected chi connectivity index (χ0v) is 15.4. The molecule has 0 fully saturated rings. The van der Waals surface area contributed by atoms with E-state index in [1.807, 2.05) is 13.8 Å². The molecule has 0 saturated heterocycles. The van der Waals surface area contributed by atoms with Crippen LogP contribution in [-0.2, 0) is 11.3 Å². The van der Waals surface area contributed by atoms with Gasteiger partial charge in [-0.3, -0.25) is 0 Å². The number of guanidine groups is 1. The molecule has 0 aliphatic rings. The van der Waals surface area contributed by atoms with E-state index >= 15 is 0 Å². The summed E-state index contributed by atoms with van der Waals surface area (Å²) in [5.41, 5.74) is 0.776. The molecule has 0 spiro atoms. The molecule has 0 bridgehead atoms. The van der Waals surface area contributed by atoms with Crippen LogP contribution in [0.25, 0.3) is 0 Å². The highest BCUT2D eigenvalue weighted by molar-refractivity contribution is 5.80. The van der Waals surface area contributed by atoms with E-state index in [1.54, 1.807) is 19.2 Å². The summed E-state index contributed by atoms with van der Waals surface area (Å²) >= 11 is 0. The van der Waals surface area contributed by atoms with Gasteiger partial charge < -0.3 is 24.8 Å². The van der Waals surface area contributed by atoms with Crippen molar-refractivity contribution in [2.24, 2.45) is 4.99 Å². The molecule has 1 aromatic rings. The maximum Gasteiger partial charge on any atom is 0.422 e. The first-order chi connectivity index (χ1) is 12.3. The number of rotatable bonds is 9. The summed E-state index contributed by atoms with van der Waals surface area (Å²) in [4.78, 5) is 4.46. The SMILES string of the molecule is CCNC(=NCc1ccc(OCC(F)(F)F)c(OC)c1)NC(C)COC. The molecular formula is C17H26F3N3O3. The molecule has 1 unspecified atom stereocenters. The Balaban J connectivity index is 2.80. The summed E-state index contributed by atoms with van der Waals surface area (Å²) in [5.74, 6) is 0.886. The van der Waals surface area contributed by atoms with Gasteiger partial charge in [0, 0.05) is 19.7 Å². The van der Waals surface area contributed by atoms with Gasteiger partial charge in [-0.1, -0.05) is 6.07 Å². The van der Waals surface area contributed by atoms with Crippen molar-refractivity contribution in [3.05, 3.63) is 23.8 Å². The number of aliphatic imine (C=N–C) groups is 1. The summed E-state index contributed by atoms with van der Waals surface area (Å²) in [6, 6.07) is 4.78. The predicted molar refractivity (Wildman–Crippen MR) is 93.8 cm³/mol. The van der Waals surface area contributed by atoms with Crippen molar-refractivity contribution >= 4 is 5.96 Å². The van der Waals surface area contributed by atoms with Crippen LogP contribution in [0.5, 0.6) is 11.5 Å². The second-order valence-electron chi connectivity index (χ2n) is 5.58. The van der Waals surface area contributed by atoms with Crippen LogP contribution in [0.3, 0.4) is 0 Å². The van der Waals surface area contributed by atoms with Gasteiger partial charge in [0.05, 0.1) is 20.3 Å². The molecule has 0 aliphatic heterocycles. The standard InChI is InChI=1S/C17H26F3N3O3/c1-5-21-16(23-12(2)10-24-3)22-9-13-6-7-14(15(8-13)25-4)26-11-17(18,19)20/h6-8,12H,5,9-11H2,1-4H3,(H2,21,22,23). The Morgan fingerprint density at radius 1 is 1.23 bits per heavy atom. The number of methoxy groups -OCH3 is 2.